The van der Waals surface area contributed by atoms with Crippen LogP contribution in [0.25, 0.3) is 5.65 Å². The third-order valence-electron chi connectivity index (χ3n) is 3.64. The molecule has 2 heterocycles. The molecule has 0 bridgehead atoms. The molecule has 31 heavy (non-hydrogen) atoms. The minimum absolute atomic E-state index is 0. The molecular weight excluding hydrogens is 454 g/mol. The van der Waals surface area contributed by atoms with Gasteiger partial charge in [0.2, 0.25) is 11.6 Å². The maximum atomic E-state index is 12.2. The summed E-state index contributed by atoms with van der Waals surface area (Å²) in [4.78, 5) is 26.1. The SMILES string of the molecule is Cc1nn2c(O)c(N=Nc3ccc(SOO[O-])cc3C(=O)[O-])c(=O)[nH]c2c1C#N.[Na+].[Na+]. The Morgan fingerprint density at radius 3 is 2.71 bits per heavy atom. The van der Waals surface area contributed by atoms with Gasteiger partial charge in [-0.3, -0.25) is 9.83 Å². The number of aryl methyl sites for hydroxylation is 1. The summed E-state index contributed by atoms with van der Waals surface area (Å²) in [6, 6.07) is 5.49. The fourth-order valence-electron chi connectivity index (χ4n) is 2.36. The van der Waals surface area contributed by atoms with Crippen molar-refractivity contribution in [2.24, 2.45) is 10.2 Å². The number of hydrogen-bond donors (Lipinski definition) is 2. The first kappa shape index (κ1) is 27.3. The van der Waals surface area contributed by atoms with Crippen LogP contribution in [0.3, 0.4) is 0 Å². The largest absolute Gasteiger partial charge is 1.00 e. The van der Waals surface area contributed by atoms with Gasteiger partial charge in [0.25, 0.3) is 5.56 Å². The molecule has 0 saturated carbocycles. The van der Waals surface area contributed by atoms with E-state index in [9.17, 15) is 25.1 Å². The van der Waals surface area contributed by atoms with E-state index in [1.807, 2.05) is 6.07 Å². The number of carboxylic acids is 1. The Kier molecular flexibility index (Phi) is 10.3. The first-order valence-electron chi connectivity index (χ1n) is 7.52. The van der Waals surface area contributed by atoms with E-state index in [2.05, 4.69) is 29.7 Å². The van der Waals surface area contributed by atoms with E-state index in [0.717, 1.165) is 10.6 Å². The predicted molar refractivity (Wildman–Crippen MR) is 89.9 cm³/mol. The molecule has 16 heteroatoms. The molecule has 0 spiro atoms. The Morgan fingerprint density at radius 2 is 2.10 bits per heavy atom. The third kappa shape index (κ3) is 5.73. The fourth-order valence-corrected chi connectivity index (χ4v) is 2.76. The van der Waals surface area contributed by atoms with E-state index in [0.29, 0.717) is 12.0 Å². The quantitative estimate of drug-likeness (QED) is 0.117. The summed E-state index contributed by atoms with van der Waals surface area (Å²) in [6.07, 6.45) is 0. The summed E-state index contributed by atoms with van der Waals surface area (Å²) in [7, 11) is 0. The van der Waals surface area contributed by atoms with Gasteiger partial charge in [-0.2, -0.15) is 19.2 Å². The number of aromatic amines is 1. The van der Waals surface area contributed by atoms with Crippen molar-refractivity contribution < 1.29 is 88.8 Å². The Morgan fingerprint density at radius 1 is 1.39 bits per heavy atom. The molecule has 0 aliphatic heterocycles. The molecule has 0 radical (unpaired) electrons. The molecule has 0 saturated heterocycles. The number of carbonyl (C=O) groups is 1. The van der Waals surface area contributed by atoms with Crippen LogP contribution in [0.4, 0.5) is 11.4 Å². The average Bonchev–Trinajstić information content (AvgIpc) is 3.01. The molecule has 0 amide bonds. The second kappa shape index (κ2) is 11.7. The van der Waals surface area contributed by atoms with E-state index in [4.69, 9.17) is 5.26 Å². The second-order valence-corrected chi connectivity index (χ2v) is 6.12. The summed E-state index contributed by atoms with van der Waals surface area (Å²) >= 11 is 0.456. The van der Waals surface area contributed by atoms with Gasteiger partial charge >= 0.3 is 59.1 Å². The Bertz CT molecular complexity index is 1250. The molecular formula is C15H8N6Na2O7S. The molecule has 13 nitrogen and oxygen atoms in total. The van der Waals surface area contributed by atoms with Gasteiger partial charge < -0.3 is 25.2 Å². The zero-order valence-corrected chi connectivity index (χ0v) is 21.1. The molecule has 0 atom stereocenters. The number of carbonyl (C=O) groups excluding carboxylic acids is 1. The van der Waals surface area contributed by atoms with Crippen LogP contribution in [0.2, 0.25) is 0 Å². The number of H-pyrrole nitrogens is 1. The van der Waals surface area contributed by atoms with Gasteiger partial charge in [-0.15, -0.1) is 10.2 Å². The minimum atomic E-state index is -1.61. The number of fused-ring (bicyclic) bond motifs is 1. The van der Waals surface area contributed by atoms with Gasteiger partial charge in [-0.1, -0.05) is 0 Å². The van der Waals surface area contributed by atoms with Crippen LogP contribution >= 0.6 is 12.0 Å². The van der Waals surface area contributed by atoms with Gasteiger partial charge in [0.1, 0.15) is 11.6 Å². The van der Waals surface area contributed by atoms with Crippen molar-refractivity contribution in [3.63, 3.8) is 0 Å². The van der Waals surface area contributed by atoms with E-state index < -0.39 is 28.7 Å². The zero-order chi connectivity index (χ0) is 21.1. The molecule has 2 aromatic heterocycles. The first-order chi connectivity index (χ1) is 13.9. The van der Waals surface area contributed by atoms with Crippen LogP contribution in [-0.2, 0) is 9.37 Å². The summed E-state index contributed by atoms with van der Waals surface area (Å²) in [5, 5.41) is 55.0. The van der Waals surface area contributed by atoms with Gasteiger partial charge in [0.15, 0.2) is 5.65 Å². The van der Waals surface area contributed by atoms with Crippen molar-refractivity contribution in [3.8, 4) is 11.9 Å². The van der Waals surface area contributed by atoms with E-state index in [1.54, 1.807) is 0 Å². The number of aromatic hydroxyl groups is 1. The van der Waals surface area contributed by atoms with Crippen molar-refractivity contribution >= 4 is 35.0 Å². The van der Waals surface area contributed by atoms with Gasteiger partial charge in [0.05, 0.1) is 29.4 Å². The zero-order valence-electron chi connectivity index (χ0n) is 16.3. The van der Waals surface area contributed by atoms with Crippen molar-refractivity contribution in [2.45, 2.75) is 11.8 Å². The fraction of sp³-hybridized carbons (Fsp3) is 0.0667. The van der Waals surface area contributed by atoms with E-state index >= 15 is 0 Å². The molecule has 1 aromatic carbocycles. The smallest absolute Gasteiger partial charge is 0.691 e. The number of aromatic carboxylic acids is 1. The molecule has 0 fully saturated rings. The number of hydrogen-bond acceptors (Lipinski definition) is 12. The molecule has 3 rings (SSSR count). The topological polar surface area (TPSA) is 201 Å². The normalized spacial score (nSPS) is 10.5. The number of benzene rings is 1. The summed E-state index contributed by atoms with van der Waals surface area (Å²) in [6.45, 7) is 1.51. The van der Waals surface area contributed by atoms with Crippen molar-refractivity contribution in [1.29, 1.82) is 5.26 Å². The number of aromatic nitrogens is 3. The van der Waals surface area contributed by atoms with Crippen molar-refractivity contribution in [1.82, 2.24) is 14.6 Å². The van der Waals surface area contributed by atoms with Crippen LogP contribution in [0.15, 0.2) is 38.1 Å². The summed E-state index contributed by atoms with van der Waals surface area (Å²) < 4.78 is 5.01. The summed E-state index contributed by atoms with van der Waals surface area (Å²) in [5.74, 6) is -2.31. The molecule has 3 aromatic rings. The molecule has 148 valence electrons. The maximum Gasteiger partial charge on any atom is 1.00 e. The Balaban J connectivity index is 0.00000240. The van der Waals surface area contributed by atoms with Crippen LogP contribution in [0.1, 0.15) is 21.6 Å². The average molecular weight is 462 g/mol. The second-order valence-electron chi connectivity index (χ2n) is 5.34. The van der Waals surface area contributed by atoms with Crippen LogP contribution < -0.4 is 75.0 Å². The number of rotatable bonds is 6. The van der Waals surface area contributed by atoms with Crippen LogP contribution in [0.5, 0.6) is 5.88 Å². The molecule has 0 aliphatic carbocycles. The standard InChI is InChI=1S/C15H10N6O7S.2Na/c1-6-9(5-16)12-17-13(22)11(14(23)21(12)20-6)19-18-10-3-2-7(29-28-27-26)4-8(10)15(24)25;;/h2-4,23,26H,1H3,(H,17,22)(H,24,25);;/q;2*+1/p-2. The Hall–Kier alpha value is -1.77. The van der Waals surface area contributed by atoms with Crippen LogP contribution in [0, 0.1) is 18.3 Å². The maximum absolute atomic E-state index is 12.2. The Labute approximate surface area is 221 Å². The van der Waals surface area contributed by atoms with Gasteiger partial charge in [0, 0.05) is 10.5 Å². The van der Waals surface area contributed by atoms with Crippen LogP contribution in [-0.4, -0.2) is 25.7 Å². The number of nitrogens with zero attached hydrogens (tertiary/aromatic N) is 5. The van der Waals surface area contributed by atoms with E-state index in [-0.39, 0.29) is 86.6 Å². The van der Waals surface area contributed by atoms with Crippen molar-refractivity contribution in [3.05, 3.63) is 45.4 Å². The van der Waals surface area contributed by atoms with Gasteiger partial charge in [-0.25, -0.2) is 0 Å². The number of azo groups is 1. The molecule has 0 aliphatic rings. The van der Waals surface area contributed by atoms with Gasteiger partial charge in [-0.05, 0) is 25.1 Å². The monoisotopic (exact) mass is 462 g/mol. The first-order valence-corrected chi connectivity index (χ1v) is 8.26. The number of nitrogens with one attached hydrogen (secondary N) is 1. The minimum Gasteiger partial charge on any atom is -0.691 e. The van der Waals surface area contributed by atoms with Crippen molar-refractivity contribution in [2.75, 3.05) is 0 Å². The number of nitriles is 1. The third-order valence-corrected chi connectivity index (χ3v) is 4.21. The number of carboxylic acid groups (broad SMARTS) is 1. The summed E-state index contributed by atoms with van der Waals surface area (Å²) in [5.41, 5.74) is -1.75. The molecule has 2 N–H and O–H groups in total. The predicted octanol–water partition coefficient (Wildman–Crippen LogP) is -6.07. The van der Waals surface area contributed by atoms with E-state index in [1.165, 1.54) is 19.1 Å². The molecule has 0 unspecified atom stereocenters.